The number of piperazine rings is 1. The average molecular weight is 585 g/mol. The molecular formula is C30H40N4O6S. The van der Waals surface area contributed by atoms with Gasteiger partial charge in [-0.1, -0.05) is 12.1 Å². The Kier molecular flexibility index (Phi) is 8.86. The van der Waals surface area contributed by atoms with Gasteiger partial charge in [0.05, 0.1) is 42.3 Å². The number of hydrogen-bond donors (Lipinski definition) is 1. The molecule has 2 saturated heterocycles. The highest BCUT2D eigenvalue weighted by molar-refractivity contribution is 7.90. The Labute approximate surface area is 242 Å². The summed E-state index contributed by atoms with van der Waals surface area (Å²) >= 11 is 0. The minimum atomic E-state index is -3.57. The number of carbonyl (C=O) groups is 2. The molecule has 2 aromatic rings. The molecule has 0 unspecified atom stereocenters. The van der Waals surface area contributed by atoms with E-state index in [2.05, 4.69) is 15.1 Å². The summed E-state index contributed by atoms with van der Waals surface area (Å²) in [4.78, 5) is 33.6. The Morgan fingerprint density at radius 3 is 2.39 bits per heavy atom. The van der Waals surface area contributed by atoms with E-state index in [1.165, 1.54) is 20.0 Å². The lowest BCUT2D eigenvalue weighted by atomic mass is 9.97. The summed E-state index contributed by atoms with van der Waals surface area (Å²) in [5.74, 6) is 0.257. The molecule has 2 amide bonds. The van der Waals surface area contributed by atoms with Crippen molar-refractivity contribution in [2.75, 3.05) is 76.4 Å². The Balaban J connectivity index is 1.41. The quantitative estimate of drug-likeness (QED) is 0.422. The first-order valence-electron chi connectivity index (χ1n) is 14.4. The first-order valence-corrected chi connectivity index (χ1v) is 16.4. The highest BCUT2D eigenvalue weighted by Gasteiger charge is 2.44. The fourth-order valence-corrected chi connectivity index (χ4v) is 7.12. The van der Waals surface area contributed by atoms with Crippen LogP contribution < -0.4 is 19.7 Å². The van der Waals surface area contributed by atoms with Crippen LogP contribution in [0.1, 0.15) is 52.1 Å². The molecule has 0 saturated carbocycles. The third kappa shape index (κ3) is 6.37. The third-order valence-electron chi connectivity index (χ3n) is 8.26. The molecule has 10 nitrogen and oxygen atoms in total. The molecule has 222 valence electrons. The number of fused-ring (bicyclic) bond motifs is 1. The second-order valence-electron chi connectivity index (χ2n) is 11.1. The van der Waals surface area contributed by atoms with Crippen molar-refractivity contribution in [3.63, 3.8) is 0 Å². The van der Waals surface area contributed by atoms with E-state index in [1.807, 2.05) is 13.0 Å². The number of rotatable bonds is 10. The molecule has 0 aromatic heterocycles. The second kappa shape index (κ2) is 12.4. The number of ether oxygens (including phenoxy) is 2. The highest BCUT2D eigenvalue weighted by Crippen LogP contribution is 2.39. The molecule has 41 heavy (non-hydrogen) atoms. The molecule has 3 aliphatic rings. The molecule has 2 fully saturated rings. The van der Waals surface area contributed by atoms with Crippen molar-refractivity contribution in [1.29, 1.82) is 0 Å². The molecule has 0 radical (unpaired) electrons. The van der Waals surface area contributed by atoms with Crippen LogP contribution in [-0.2, 0) is 9.84 Å². The molecule has 1 atom stereocenters. The van der Waals surface area contributed by atoms with E-state index in [0.717, 1.165) is 62.7 Å². The lowest BCUT2D eigenvalue weighted by Crippen LogP contribution is -2.49. The van der Waals surface area contributed by atoms with Crippen LogP contribution in [0, 0.1) is 5.92 Å². The topological polar surface area (TPSA) is 108 Å². The van der Waals surface area contributed by atoms with Crippen LogP contribution in [-0.4, -0.2) is 102 Å². The van der Waals surface area contributed by atoms with Crippen molar-refractivity contribution < 1.29 is 27.5 Å². The second-order valence-corrected chi connectivity index (χ2v) is 13.3. The molecule has 3 aliphatic heterocycles. The summed E-state index contributed by atoms with van der Waals surface area (Å²) in [6, 6.07) is 9.34. The van der Waals surface area contributed by atoms with Crippen LogP contribution in [0.3, 0.4) is 0 Å². The Morgan fingerprint density at radius 2 is 1.73 bits per heavy atom. The number of nitrogens with one attached hydrogen (secondary N) is 1. The summed E-state index contributed by atoms with van der Waals surface area (Å²) in [5.41, 5.74) is 1.87. The predicted octanol–water partition coefficient (Wildman–Crippen LogP) is 2.60. The van der Waals surface area contributed by atoms with Crippen molar-refractivity contribution in [3.05, 3.63) is 53.1 Å². The van der Waals surface area contributed by atoms with Gasteiger partial charge in [0.25, 0.3) is 11.8 Å². The minimum absolute atomic E-state index is 0.307. The number of anilines is 1. The lowest BCUT2D eigenvalue weighted by molar-refractivity contribution is 0.0597. The van der Waals surface area contributed by atoms with Crippen LogP contribution in [0.25, 0.3) is 0 Å². The number of benzene rings is 2. The highest BCUT2D eigenvalue weighted by atomic mass is 32.2. The summed E-state index contributed by atoms with van der Waals surface area (Å²) in [6.07, 6.45) is 3.52. The van der Waals surface area contributed by atoms with E-state index in [0.29, 0.717) is 40.7 Å². The monoisotopic (exact) mass is 584 g/mol. The molecule has 0 spiro atoms. The standard InChI is InChI=1S/C30H40N4O6S/c1-4-40-27-18-22(8-9-26(27)39-2)25(20-41(3,37)38)34-29(35)23-6-5-7-24(28(23)30(34)36)33-16-14-32(15-17-33)19-21-10-12-31-13-11-21/h5-9,18,21,25,31H,4,10-17,19-20H2,1-3H3/t25-/m1/s1. The van der Waals surface area contributed by atoms with Crippen LogP contribution in [0.4, 0.5) is 5.69 Å². The van der Waals surface area contributed by atoms with Gasteiger partial charge in [-0.15, -0.1) is 0 Å². The number of imide groups is 1. The van der Waals surface area contributed by atoms with Gasteiger partial charge in [-0.25, -0.2) is 8.42 Å². The molecule has 3 heterocycles. The number of methoxy groups -OCH3 is 1. The van der Waals surface area contributed by atoms with Gasteiger partial charge in [0.1, 0.15) is 9.84 Å². The van der Waals surface area contributed by atoms with E-state index in [1.54, 1.807) is 30.3 Å². The summed E-state index contributed by atoms with van der Waals surface area (Å²) in [7, 11) is -2.05. The van der Waals surface area contributed by atoms with Gasteiger partial charge in [-0.2, -0.15) is 0 Å². The zero-order chi connectivity index (χ0) is 29.1. The molecule has 5 rings (SSSR count). The van der Waals surface area contributed by atoms with Crippen LogP contribution in [0.5, 0.6) is 11.5 Å². The van der Waals surface area contributed by atoms with Crippen molar-refractivity contribution in [3.8, 4) is 11.5 Å². The Hall–Kier alpha value is -3.15. The van der Waals surface area contributed by atoms with Crippen molar-refractivity contribution in [2.45, 2.75) is 25.8 Å². The Bertz CT molecular complexity index is 1380. The van der Waals surface area contributed by atoms with Gasteiger partial charge < -0.3 is 19.7 Å². The fourth-order valence-electron chi connectivity index (χ4n) is 6.21. The van der Waals surface area contributed by atoms with Crippen molar-refractivity contribution in [2.24, 2.45) is 5.92 Å². The number of carbonyl (C=O) groups excluding carboxylic acids is 2. The van der Waals surface area contributed by atoms with Gasteiger partial charge in [0, 0.05) is 39.0 Å². The van der Waals surface area contributed by atoms with Gasteiger partial charge >= 0.3 is 0 Å². The molecule has 0 aliphatic carbocycles. The van der Waals surface area contributed by atoms with E-state index in [-0.39, 0.29) is 0 Å². The zero-order valence-electron chi connectivity index (χ0n) is 24.1. The molecular weight excluding hydrogens is 544 g/mol. The zero-order valence-corrected chi connectivity index (χ0v) is 24.9. The molecule has 11 heteroatoms. The van der Waals surface area contributed by atoms with E-state index in [4.69, 9.17) is 9.47 Å². The maximum absolute atomic E-state index is 14.0. The van der Waals surface area contributed by atoms with Gasteiger partial charge in [0.15, 0.2) is 11.5 Å². The van der Waals surface area contributed by atoms with Crippen LogP contribution in [0.2, 0.25) is 0 Å². The lowest BCUT2D eigenvalue weighted by Gasteiger charge is -2.38. The number of amides is 2. The van der Waals surface area contributed by atoms with Crippen LogP contribution >= 0.6 is 0 Å². The number of piperidine rings is 1. The maximum atomic E-state index is 14.0. The smallest absolute Gasteiger partial charge is 0.264 e. The molecule has 1 N–H and O–H groups in total. The first-order chi connectivity index (χ1) is 19.7. The Morgan fingerprint density at radius 1 is 1.00 bits per heavy atom. The van der Waals surface area contributed by atoms with Crippen molar-refractivity contribution in [1.82, 2.24) is 15.1 Å². The molecule has 2 aromatic carbocycles. The van der Waals surface area contributed by atoms with Crippen LogP contribution in [0.15, 0.2) is 36.4 Å². The van der Waals surface area contributed by atoms with Gasteiger partial charge in [0.2, 0.25) is 0 Å². The van der Waals surface area contributed by atoms with Gasteiger partial charge in [-0.05, 0) is 68.6 Å². The van der Waals surface area contributed by atoms with Gasteiger partial charge in [-0.3, -0.25) is 19.4 Å². The summed E-state index contributed by atoms with van der Waals surface area (Å²) < 4.78 is 36.2. The van der Waals surface area contributed by atoms with E-state index >= 15 is 0 Å². The summed E-state index contributed by atoms with van der Waals surface area (Å²) in [5, 5.41) is 3.42. The number of hydrogen-bond acceptors (Lipinski definition) is 9. The van der Waals surface area contributed by atoms with E-state index in [9.17, 15) is 18.0 Å². The largest absolute Gasteiger partial charge is 0.493 e. The fraction of sp³-hybridized carbons (Fsp3) is 0.533. The normalized spacial score (nSPS) is 19.4. The number of sulfone groups is 1. The van der Waals surface area contributed by atoms with Crippen molar-refractivity contribution >= 4 is 27.3 Å². The third-order valence-corrected chi connectivity index (χ3v) is 9.18. The SMILES string of the molecule is CCOc1cc([C@@H](CS(C)(=O)=O)N2C(=O)c3cccc(N4CCN(CC5CCNCC5)CC4)c3C2=O)ccc1OC. The molecule has 0 bridgehead atoms. The van der Waals surface area contributed by atoms with E-state index < -0.39 is 33.4 Å². The summed E-state index contributed by atoms with van der Waals surface area (Å²) in [6.45, 7) is 8.75. The minimum Gasteiger partial charge on any atom is -0.493 e. The number of nitrogens with zero attached hydrogens (tertiary/aromatic N) is 3. The first kappa shape index (κ1) is 29.3. The maximum Gasteiger partial charge on any atom is 0.264 e. The predicted molar refractivity (Wildman–Crippen MR) is 158 cm³/mol. The average Bonchev–Trinajstić information content (AvgIpc) is 3.22.